The molecule has 1 aromatic carbocycles. The molecule has 1 saturated heterocycles. The van der Waals surface area contributed by atoms with Crippen molar-refractivity contribution >= 4 is 0 Å². The second kappa shape index (κ2) is 7.51. The molecule has 1 aliphatic heterocycles. The first kappa shape index (κ1) is 15.2. The Bertz CT molecular complexity index is 539. The summed E-state index contributed by atoms with van der Waals surface area (Å²) in [6.07, 6.45) is 5.96. The number of rotatable bonds is 6. The third-order valence-electron chi connectivity index (χ3n) is 4.50. The Morgan fingerprint density at radius 3 is 2.91 bits per heavy atom. The Hall–Kier alpha value is -1.72. The summed E-state index contributed by atoms with van der Waals surface area (Å²) in [4.78, 5) is 9.05. The maximum Gasteiger partial charge on any atom is 0.137 e. The molecule has 22 heavy (non-hydrogen) atoms. The smallest absolute Gasteiger partial charge is 0.137 e. The minimum absolute atomic E-state index is 0.640. The summed E-state index contributed by atoms with van der Waals surface area (Å²) in [5.41, 5.74) is 1.41. The summed E-state index contributed by atoms with van der Waals surface area (Å²) < 4.78 is 1.90. The highest BCUT2D eigenvalue weighted by Crippen LogP contribution is 2.17. The van der Waals surface area contributed by atoms with Crippen LogP contribution in [0, 0.1) is 0 Å². The second-order valence-corrected chi connectivity index (χ2v) is 6.16. The molecule has 2 aromatic rings. The van der Waals surface area contributed by atoms with Crippen LogP contribution >= 0.6 is 0 Å². The largest absolute Gasteiger partial charge is 0.300 e. The third-order valence-corrected chi connectivity index (χ3v) is 4.50. The summed E-state index contributed by atoms with van der Waals surface area (Å²) in [7, 11) is 2.23. The highest BCUT2D eigenvalue weighted by atomic mass is 15.3. The summed E-state index contributed by atoms with van der Waals surface area (Å²) in [5.74, 6) is 0. The highest BCUT2D eigenvalue weighted by molar-refractivity contribution is 5.14. The Balaban J connectivity index is 1.49. The van der Waals surface area contributed by atoms with Gasteiger partial charge in [-0.2, -0.15) is 5.10 Å². The van der Waals surface area contributed by atoms with E-state index in [4.69, 9.17) is 0 Å². The molecule has 1 aliphatic rings. The van der Waals surface area contributed by atoms with Crippen LogP contribution in [-0.2, 0) is 13.1 Å². The normalized spacial score (nSPS) is 19.6. The number of likely N-dealkylation sites (N-methyl/N-ethyl adjacent to an activating group) is 1. The zero-order chi connectivity index (χ0) is 15.2. The molecule has 5 heteroatoms. The average Bonchev–Trinajstić information content (AvgIpc) is 3.07. The van der Waals surface area contributed by atoms with Gasteiger partial charge in [0.25, 0.3) is 0 Å². The summed E-state index contributed by atoms with van der Waals surface area (Å²) in [6.45, 7) is 5.36. The number of nitrogens with zero attached hydrogens (tertiary/aromatic N) is 5. The van der Waals surface area contributed by atoms with Crippen molar-refractivity contribution in [1.82, 2.24) is 24.6 Å². The molecule has 2 heterocycles. The van der Waals surface area contributed by atoms with E-state index in [1.807, 2.05) is 4.68 Å². The number of benzene rings is 1. The van der Waals surface area contributed by atoms with Crippen molar-refractivity contribution in [3.05, 3.63) is 48.5 Å². The zero-order valence-corrected chi connectivity index (χ0v) is 13.3. The molecule has 1 fully saturated rings. The van der Waals surface area contributed by atoms with Crippen molar-refractivity contribution in [2.45, 2.75) is 32.0 Å². The second-order valence-electron chi connectivity index (χ2n) is 6.16. The average molecular weight is 299 g/mol. The lowest BCUT2D eigenvalue weighted by molar-refractivity contribution is 0.108. The van der Waals surface area contributed by atoms with Crippen molar-refractivity contribution in [1.29, 1.82) is 0 Å². The molecular weight excluding hydrogens is 274 g/mol. The molecule has 0 bridgehead atoms. The van der Waals surface area contributed by atoms with Crippen molar-refractivity contribution < 1.29 is 0 Å². The first-order valence-electron chi connectivity index (χ1n) is 8.10. The molecular formula is C17H25N5. The molecule has 1 aromatic heterocycles. The first-order chi connectivity index (χ1) is 10.8. The van der Waals surface area contributed by atoms with Crippen LogP contribution in [-0.4, -0.2) is 57.3 Å². The van der Waals surface area contributed by atoms with Crippen LogP contribution in [0.25, 0.3) is 0 Å². The predicted octanol–water partition coefficient (Wildman–Crippen LogP) is 1.87. The minimum Gasteiger partial charge on any atom is -0.300 e. The predicted molar refractivity (Wildman–Crippen MR) is 87.4 cm³/mol. The van der Waals surface area contributed by atoms with Gasteiger partial charge in [-0.15, -0.1) is 0 Å². The maximum atomic E-state index is 4.17. The zero-order valence-electron chi connectivity index (χ0n) is 13.3. The van der Waals surface area contributed by atoms with Crippen molar-refractivity contribution in [3.63, 3.8) is 0 Å². The van der Waals surface area contributed by atoms with Crippen LogP contribution in [0.15, 0.2) is 43.0 Å². The lowest BCUT2D eigenvalue weighted by atomic mass is 10.0. The fraction of sp³-hybridized carbons (Fsp3) is 0.529. The van der Waals surface area contributed by atoms with Crippen LogP contribution in [0.4, 0.5) is 0 Å². The summed E-state index contributed by atoms with van der Waals surface area (Å²) in [6, 6.07) is 11.4. The maximum absolute atomic E-state index is 4.17. The highest BCUT2D eigenvalue weighted by Gasteiger charge is 2.23. The van der Waals surface area contributed by atoms with Gasteiger partial charge >= 0.3 is 0 Å². The van der Waals surface area contributed by atoms with Gasteiger partial charge in [0.1, 0.15) is 12.7 Å². The first-order valence-corrected chi connectivity index (χ1v) is 8.10. The van der Waals surface area contributed by atoms with E-state index in [-0.39, 0.29) is 0 Å². The lowest BCUT2D eigenvalue weighted by Crippen LogP contribution is -2.46. The van der Waals surface area contributed by atoms with Crippen molar-refractivity contribution in [2.75, 3.05) is 26.7 Å². The Morgan fingerprint density at radius 1 is 1.27 bits per heavy atom. The molecule has 0 aliphatic carbocycles. The van der Waals surface area contributed by atoms with Gasteiger partial charge in [-0.1, -0.05) is 30.3 Å². The van der Waals surface area contributed by atoms with E-state index >= 15 is 0 Å². The Morgan fingerprint density at radius 2 is 2.14 bits per heavy atom. The summed E-state index contributed by atoms with van der Waals surface area (Å²) in [5, 5.41) is 4.17. The van der Waals surface area contributed by atoms with Gasteiger partial charge in [-0.25, -0.2) is 4.98 Å². The molecule has 118 valence electrons. The molecule has 3 rings (SSSR count). The van der Waals surface area contributed by atoms with Crippen molar-refractivity contribution in [2.24, 2.45) is 0 Å². The van der Waals surface area contributed by atoms with E-state index in [9.17, 15) is 0 Å². The SMILES string of the molecule is CN(CCn1cncn1)C1CCCN(Cc2ccccc2)C1. The van der Waals surface area contributed by atoms with Gasteiger partial charge in [0, 0.05) is 25.7 Å². The molecule has 0 N–H and O–H groups in total. The van der Waals surface area contributed by atoms with E-state index in [1.165, 1.54) is 24.9 Å². The van der Waals surface area contributed by atoms with Gasteiger partial charge < -0.3 is 4.90 Å². The molecule has 5 nitrogen and oxygen atoms in total. The summed E-state index contributed by atoms with van der Waals surface area (Å²) >= 11 is 0. The van der Waals surface area contributed by atoms with Crippen LogP contribution < -0.4 is 0 Å². The third kappa shape index (κ3) is 4.15. The van der Waals surface area contributed by atoms with E-state index in [0.717, 1.165) is 26.2 Å². The minimum atomic E-state index is 0.640. The number of piperidine rings is 1. The van der Waals surface area contributed by atoms with E-state index in [1.54, 1.807) is 12.7 Å². The van der Waals surface area contributed by atoms with Crippen molar-refractivity contribution in [3.8, 4) is 0 Å². The van der Waals surface area contributed by atoms with Crippen LogP contribution in [0.3, 0.4) is 0 Å². The van der Waals surface area contributed by atoms with Crippen LogP contribution in [0.5, 0.6) is 0 Å². The van der Waals surface area contributed by atoms with E-state index in [0.29, 0.717) is 6.04 Å². The van der Waals surface area contributed by atoms with Crippen LogP contribution in [0.2, 0.25) is 0 Å². The fourth-order valence-electron chi connectivity index (χ4n) is 3.17. The Kier molecular flexibility index (Phi) is 5.19. The van der Waals surface area contributed by atoms with E-state index < -0.39 is 0 Å². The number of hydrogen-bond acceptors (Lipinski definition) is 4. The number of aromatic nitrogens is 3. The van der Waals surface area contributed by atoms with Crippen LogP contribution in [0.1, 0.15) is 18.4 Å². The monoisotopic (exact) mass is 299 g/mol. The molecule has 0 radical (unpaired) electrons. The number of hydrogen-bond donors (Lipinski definition) is 0. The quantitative estimate of drug-likeness (QED) is 0.816. The standard InChI is InChI=1S/C17H25N5/c1-20(10-11-22-15-18-14-19-22)17-8-5-9-21(13-17)12-16-6-3-2-4-7-16/h2-4,6-7,14-15,17H,5,8-13H2,1H3. The van der Waals surface area contributed by atoms with Gasteiger partial charge in [-0.3, -0.25) is 9.58 Å². The molecule has 0 saturated carbocycles. The Labute approximate surface area is 132 Å². The van der Waals surface area contributed by atoms with Gasteiger partial charge in [0.05, 0.1) is 6.54 Å². The fourth-order valence-corrected chi connectivity index (χ4v) is 3.17. The number of likely N-dealkylation sites (tertiary alicyclic amines) is 1. The van der Waals surface area contributed by atoms with E-state index in [2.05, 4.69) is 57.3 Å². The lowest BCUT2D eigenvalue weighted by Gasteiger charge is -2.37. The van der Waals surface area contributed by atoms with Gasteiger partial charge in [0.2, 0.25) is 0 Å². The molecule has 1 unspecified atom stereocenters. The topological polar surface area (TPSA) is 37.2 Å². The van der Waals surface area contributed by atoms with Gasteiger partial charge in [-0.05, 0) is 32.0 Å². The molecule has 0 spiro atoms. The molecule has 0 amide bonds. The van der Waals surface area contributed by atoms with Gasteiger partial charge in [0.15, 0.2) is 0 Å². The molecule has 1 atom stereocenters.